The molecule has 3 aliphatic rings. The monoisotopic (exact) mass is 343 g/mol. The highest BCUT2D eigenvalue weighted by atomic mass is 16.5. The molecule has 5 nitrogen and oxygen atoms in total. The predicted molar refractivity (Wildman–Crippen MR) is 97.6 cm³/mol. The lowest BCUT2D eigenvalue weighted by atomic mass is 9.96. The second kappa shape index (κ2) is 7.75. The zero-order valence-corrected chi connectivity index (χ0v) is 14.8. The van der Waals surface area contributed by atoms with Gasteiger partial charge in [0.1, 0.15) is 0 Å². The Labute approximate surface area is 150 Å². The Morgan fingerprint density at radius 2 is 2.08 bits per heavy atom. The number of carbonyl (C=O) groups is 1. The van der Waals surface area contributed by atoms with Crippen molar-refractivity contribution in [2.45, 2.75) is 62.8 Å². The second-order valence-corrected chi connectivity index (χ2v) is 7.64. The number of fused-ring (bicyclic) bond motifs is 2. The van der Waals surface area contributed by atoms with E-state index in [2.05, 4.69) is 45.9 Å². The average molecular weight is 343 g/mol. The van der Waals surface area contributed by atoms with Crippen molar-refractivity contribution in [1.29, 1.82) is 0 Å². The number of urea groups is 1. The van der Waals surface area contributed by atoms with Gasteiger partial charge in [0.05, 0.1) is 18.2 Å². The molecule has 4 rings (SSSR count). The third-order valence-corrected chi connectivity index (χ3v) is 5.95. The molecule has 0 radical (unpaired) electrons. The van der Waals surface area contributed by atoms with E-state index in [1.807, 2.05) is 0 Å². The van der Waals surface area contributed by atoms with E-state index in [1.54, 1.807) is 0 Å². The van der Waals surface area contributed by atoms with E-state index >= 15 is 0 Å². The lowest BCUT2D eigenvalue weighted by molar-refractivity contribution is 0.0980. The van der Waals surface area contributed by atoms with E-state index in [4.69, 9.17) is 4.74 Å². The van der Waals surface area contributed by atoms with Gasteiger partial charge in [-0.25, -0.2) is 4.79 Å². The Balaban J connectivity index is 1.19. The molecule has 1 aromatic rings. The van der Waals surface area contributed by atoms with Gasteiger partial charge in [-0.2, -0.15) is 0 Å². The van der Waals surface area contributed by atoms with E-state index < -0.39 is 0 Å². The molecule has 0 aliphatic carbocycles. The summed E-state index contributed by atoms with van der Waals surface area (Å²) in [5, 5.41) is 6.21. The maximum Gasteiger partial charge on any atom is 0.315 e. The molecule has 2 N–H and O–H groups in total. The summed E-state index contributed by atoms with van der Waals surface area (Å²) >= 11 is 0. The quantitative estimate of drug-likeness (QED) is 0.833. The van der Waals surface area contributed by atoms with Crippen LogP contribution in [0, 0.1) is 0 Å². The molecule has 3 heterocycles. The predicted octanol–water partition coefficient (Wildman–Crippen LogP) is 2.31. The van der Waals surface area contributed by atoms with Crippen LogP contribution in [0.3, 0.4) is 0 Å². The molecule has 3 fully saturated rings. The standard InChI is InChI=1S/C20H29N3O2/c24-20(22-18-13-17-8-9-19(18)25-17)21-14-16-7-4-11-23(16)12-10-15-5-2-1-3-6-15/h1-3,5-6,16-19H,4,7-14H2,(H2,21,22,24)/t16-,17-,18+,19-/m1/s1. The minimum absolute atomic E-state index is 0.0314. The SMILES string of the molecule is O=C(NC[C@H]1CCCN1CCc1ccccc1)N[C@H]1C[C@H]2CC[C@H]1O2. The van der Waals surface area contributed by atoms with Gasteiger partial charge in [-0.15, -0.1) is 0 Å². The molecule has 0 unspecified atom stereocenters. The van der Waals surface area contributed by atoms with Crippen molar-refractivity contribution in [3.8, 4) is 0 Å². The number of ether oxygens (including phenoxy) is 1. The molecule has 136 valence electrons. The minimum Gasteiger partial charge on any atom is -0.373 e. The van der Waals surface area contributed by atoms with Crippen LogP contribution in [0.2, 0.25) is 0 Å². The maximum atomic E-state index is 12.2. The van der Waals surface area contributed by atoms with Gasteiger partial charge in [-0.1, -0.05) is 30.3 Å². The van der Waals surface area contributed by atoms with Crippen LogP contribution in [-0.2, 0) is 11.2 Å². The van der Waals surface area contributed by atoms with E-state index in [1.165, 1.54) is 18.4 Å². The number of benzene rings is 1. The number of nitrogens with one attached hydrogen (secondary N) is 2. The highest BCUT2D eigenvalue weighted by molar-refractivity contribution is 5.74. The summed E-state index contributed by atoms with van der Waals surface area (Å²) in [6.07, 6.45) is 7.31. The first kappa shape index (κ1) is 16.9. The number of carbonyl (C=O) groups excluding carboxylic acids is 1. The van der Waals surface area contributed by atoms with Crippen molar-refractivity contribution in [3.05, 3.63) is 35.9 Å². The van der Waals surface area contributed by atoms with E-state index in [-0.39, 0.29) is 18.2 Å². The first-order chi connectivity index (χ1) is 12.3. The van der Waals surface area contributed by atoms with Crippen LogP contribution in [0.1, 0.15) is 37.7 Å². The van der Waals surface area contributed by atoms with Crippen molar-refractivity contribution in [3.63, 3.8) is 0 Å². The van der Waals surface area contributed by atoms with Gasteiger partial charge < -0.3 is 15.4 Å². The Morgan fingerprint density at radius 3 is 2.84 bits per heavy atom. The molecule has 2 amide bonds. The Hall–Kier alpha value is -1.59. The number of hydrogen-bond donors (Lipinski definition) is 2. The number of amides is 2. The molecule has 25 heavy (non-hydrogen) atoms. The molecular formula is C20H29N3O2. The molecule has 3 saturated heterocycles. The largest absolute Gasteiger partial charge is 0.373 e. The normalized spacial score (nSPS) is 31.4. The lowest BCUT2D eigenvalue weighted by Crippen LogP contribution is -2.49. The summed E-state index contributed by atoms with van der Waals surface area (Å²) in [6.45, 7) is 2.95. The topological polar surface area (TPSA) is 53.6 Å². The third-order valence-electron chi connectivity index (χ3n) is 5.95. The summed E-state index contributed by atoms with van der Waals surface area (Å²) in [6, 6.07) is 11.3. The van der Waals surface area contributed by atoms with Crippen molar-refractivity contribution < 1.29 is 9.53 Å². The summed E-state index contributed by atoms with van der Waals surface area (Å²) < 4.78 is 5.80. The third kappa shape index (κ3) is 4.15. The van der Waals surface area contributed by atoms with Crippen LogP contribution < -0.4 is 10.6 Å². The fourth-order valence-electron chi connectivity index (χ4n) is 4.56. The summed E-state index contributed by atoms with van der Waals surface area (Å²) in [5.74, 6) is 0. The van der Waals surface area contributed by atoms with E-state index in [9.17, 15) is 4.79 Å². The fraction of sp³-hybridized carbons (Fsp3) is 0.650. The molecule has 5 heteroatoms. The van der Waals surface area contributed by atoms with Gasteiger partial charge in [0.2, 0.25) is 0 Å². The Bertz CT molecular complexity index is 580. The number of hydrogen-bond acceptors (Lipinski definition) is 3. The van der Waals surface area contributed by atoms with Gasteiger partial charge in [0.25, 0.3) is 0 Å². The van der Waals surface area contributed by atoms with Crippen molar-refractivity contribution in [2.75, 3.05) is 19.6 Å². The van der Waals surface area contributed by atoms with Gasteiger partial charge in [-0.3, -0.25) is 4.90 Å². The summed E-state index contributed by atoms with van der Waals surface area (Å²) in [5.41, 5.74) is 1.38. The number of rotatable bonds is 6. The molecule has 3 aliphatic heterocycles. The van der Waals surface area contributed by atoms with Crippen LogP contribution >= 0.6 is 0 Å². The molecule has 0 spiro atoms. The van der Waals surface area contributed by atoms with E-state index in [0.717, 1.165) is 45.3 Å². The van der Waals surface area contributed by atoms with Gasteiger partial charge in [0.15, 0.2) is 0 Å². The zero-order chi connectivity index (χ0) is 17.1. The van der Waals surface area contributed by atoms with Gasteiger partial charge in [-0.05, 0) is 50.6 Å². The Morgan fingerprint density at radius 1 is 1.20 bits per heavy atom. The van der Waals surface area contributed by atoms with Gasteiger partial charge >= 0.3 is 6.03 Å². The Kier molecular flexibility index (Phi) is 5.22. The smallest absolute Gasteiger partial charge is 0.315 e. The van der Waals surface area contributed by atoms with Crippen LogP contribution in [0.4, 0.5) is 4.79 Å². The van der Waals surface area contributed by atoms with Gasteiger partial charge in [0, 0.05) is 19.1 Å². The molecular weight excluding hydrogens is 314 g/mol. The number of nitrogens with zero attached hydrogens (tertiary/aromatic N) is 1. The van der Waals surface area contributed by atoms with E-state index in [0.29, 0.717) is 12.1 Å². The van der Waals surface area contributed by atoms with Crippen LogP contribution in [0.25, 0.3) is 0 Å². The molecule has 0 aromatic heterocycles. The lowest BCUT2D eigenvalue weighted by Gasteiger charge is -2.26. The fourth-order valence-corrected chi connectivity index (χ4v) is 4.56. The highest BCUT2D eigenvalue weighted by Gasteiger charge is 2.41. The van der Waals surface area contributed by atoms with Crippen molar-refractivity contribution >= 4 is 6.03 Å². The van der Waals surface area contributed by atoms with Crippen LogP contribution in [-0.4, -0.2) is 54.9 Å². The zero-order valence-electron chi connectivity index (χ0n) is 14.8. The number of likely N-dealkylation sites (tertiary alicyclic amines) is 1. The summed E-state index contributed by atoms with van der Waals surface area (Å²) in [7, 11) is 0. The first-order valence-corrected chi connectivity index (χ1v) is 9.76. The first-order valence-electron chi connectivity index (χ1n) is 9.76. The average Bonchev–Trinajstić information content (AvgIpc) is 3.36. The molecule has 1 aromatic carbocycles. The molecule has 2 bridgehead atoms. The van der Waals surface area contributed by atoms with Crippen LogP contribution in [0.5, 0.6) is 0 Å². The second-order valence-electron chi connectivity index (χ2n) is 7.64. The molecule has 4 atom stereocenters. The van der Waals surface area contributed by atoms with Crippen LogP contribution in [0.15, 0.2) is 30.3 Å². The molecule has 0 saturated carbocycles. The minimum atomic E-state index is -0.0314. The highest BCUT2D eigenvalue weighted by Crippen LogP contribution is 2.34. The summed E-state index contributed by atoms with van der Waals surface area (Å²) in [4.78, 5) is 14.7. The maximum absolute atomic E-state index is 12.2. The van der Waals surface area contributed by atoms with Crippen molar-refractivity contribution in [2.24, 2.45) is 0 Å². The van der Waals surface area contributed by atoms with Crippen molar-refractivity contribution in [1.82, 2.24) is 15.5 Å².